The predicted molar refractivity (Wildman–Crippen MR) is 119 cm³/mol. The number of rotatable bonds is 7. The minimum atomic E-state index is -0.714. The number of para-hydroxylation sites is 1. The van der Waals surface area contributed by atoms with Crippen LogP contribution in [-0.4, -0.2) is 29.9 Å². The van der Waals surface area contributed by atoms with Gasteiger partial charge in [0.1, 0.15) is 11.8 Å². The Morgan fingerprint density at radius 1 is 1.10 bits per heavy atom. The molecule has 1 aromatic heterocycles. The summed E-state index contributed by atoms with van der Waals surface area (Å²) in [7, 11) is 1.64. The van der Waals surface area contributed by atoms with Gasteiger partial charge in [0, 0.05) is 23.0 Å². The van der Waals surface area contributed by atoms with Gasteiger partial charge in [-0.1, -0.05) is 39.0 Å². The second-order valence-corrected chi connectivity index (χ2v) is 8.52. The van der Waals surface area contributed by atoms with E-state index in [0.29, 0.717) is 6.42 Å². The first-order valence-electron chi connectivity index (χ1n) is 10.0. The molecule has 30 heavy (non-hydrogen) atoms. The first-order valence-corrected chi connectivity index (χ1v) is 10.0. The third kappa shape index (κ3) is 4.64. The molecule has 0 aliphatic carbocycles. The Morgan fingerprint density at radius 2 is 1.77 bits per heavy atom. The van der Waals surface area contributed by atoms with Crippen molar-refractivity contribution in [2.45, 2.75) is 39.7 Å². The van der Waals surface area contributed by atoms with Crippen LogP contribution >= 0.6 is 0 Å². The number of methoxy groups -OCH3 is 1. The smallest absolute Gasteiger partial charge is 0.240 e. The molecule has 6 nitrogen and oxygen atoms in total. The van der Waals surface area contributed by atoms with Gasteiger partial charge in [0.2, 0.25) is 11.8 Å². The number of benzene rings is 2. The van der Waals surface area contributed by atoms with Gasteiger partial charge >= 0.3 is 0 Å². The molecule has 3 rings (SSSR count). The fraction of sp³-hybridized carbons (Fsp3) is 0.333. The van der Waals surface area contributed by atoms with E-state index in [-0.39, 0.29) is 12.3 Å². The first-order chi connectivity index (χ1) is 14.2. The van der Waals surface area contributed by atoms with Gasteiger partial charge in [0.25, 0.3) is 0 Å². The molecular formula is C24H29N3O3. The Bertz CT molecular complexity index is 1050. The van der Waals surface area contributed by atoms with Gasteiger partial charge in [-0.3, -0.25) is 9.59 Å². The number of hydrogen-bond donors (Lipinski definition) is 3. The van der Waals surface area contributed by atoms with Crippen molar-refractivity contribution in [2.24, 2.45) is 11.1 Å². The topological polar surface area (TPSA) is 97.2 Å². The molecule has 6 heteroatoms. The largest absolute Gasteiger partial charge is 0.497 e. The monoisotopic (exact) mass is 407 g/mol. The third-order valence-electron chi connectivity index (χ3n) is 5.25. The summed E-state index contributed by atoms with van der Waals surface area (Å²) in [5.74, 6) is 0.0667. The molecule has 0 spiro atoms. The number of H-pyrrole nitrogens is 1. The lowest BCUT2D eigenvalue weighted by Crippen LogP contribution is -2.52. The summed E-state index contributed by atoms with van der Waals surface area (Å²) in [4.78, 5) is 27.9. The number of aromatic nitrogens is 1. The summed E-state index contributed by atoms with van der Waals surface area (Å²) >= 11 is 0. The SMILES string of the molecule is COc1ccc(-c2[nH]c3ccccc3c2CCC(=O)N[C@H](C(N)=O)C(C)(C)C)cc1. The lowest BCUT2D eigenvalue weighted by Gasteiger charge is -2.28. The highest BCUT2D eigenvalue weighted by Crippen LogP contribution is 2.32. The van der Waals surface area contributed by atoms with Crippen molar-refractivity contribution >= 4 is 22.7 Å². The van der Waals surface area contributed by atoms with E-state index in [0.717, 1.165) is 33.5 Å². The van der Waals surface area contributed by atoms with E-state index in [9.17, 15) is 9.59 Å². The van der Waals surface area contributed by atoms with Crippen LogP contribution in [0.5, 0.6) is 5.75 Å². The highest BCUT2D eigenvalue weighted by molar-refractivity contribution is 5.92. The molecule has 0 bridgehead atoms. The fourth-order valence-electron chi connectivity index (χ4n) is 3.65. The zero-order valence-corrected chi connectivity index (χ0v) is 17.9. The molecule has 3 aromatic rings. The van der Waals surface area contributed by atoms with E-state index in [1.165, 1.54) is 0 Å². The molecule has 0 aliphatic rings. The van der Waals surface area contributed by atoms with Crippen molar-refractivity contribution in [2.75, 3.05) is 7.11 Å². The van der Waals surface area contributed by atoms with Crippen LogP contribution in [0.15, 0.2) is 48.5 Å². The van der Waals surface area contributed by atoms with Gasteiger partial charge in [0.05, 0.1) is 7.11 Å². The molecule has 0 saturated carbocycles. The summed E-state index contributed by atoms with van der Waals surface area (Å²) in [6.45, 7) is 5.64. The Hall–Kier alpha value is -3.28. The lowest BCUT2D eigenvalue weighted by molar-refractivity contribution is -0.129. The third-order valence-corrected chi connectivity index (χ3v) is 5.25. The Balaban J connectivity index is 1.86. The Morgan fingerprint density at radius 3 is 2.37 bits per heavy atom. The summed E-state index contributed by atoms with van der Waals surface area (Å²) < 4.78 is 5.26. The fourth-order valence-corrected chi connectivity index (χ4v) is 3.65. The van der Waals surface area contributed by atoms with Crippen molar-refractivity contribution in [3.05, 3.63) is 54.1 Å². The average Bonchev–Trinajstić information content (AvgIpc) is 3.08. The number of aryl methyl sites for hydroxylation is 1. The summed E-state index contributed by atoms with van der Waals surface area (Å²) in [5, 5.41) is 3.88. The molecule has 0 saturated heterocycles. The molecule has 158 valence electrons. The molecule has 0 aliphatic heterocycles. The number of aromatic amines is 1. The predicted octanol–water partition coefficient (Wildman–Crippen LogP) is 3.79. The number of carbonyl (C=O) groups is 2. The van der Waals surface area contributed by atoms with E-state index < -0.39 is 17.4 Å². The highest BCUT2D eigenvalue weighted by atomic mass is 16.5. The minimum Gasteiger partial charge on any atom is -0.497 e. The van der Waals surface area contributed by atoms with Crippen LogP contribution in [0.2, 0.25) is 0 Å². The van der Waals surface area contributed by atoms with Crippen LogP contribution in [0.3, 0.4) is 0 Å². The molecule has 1 heterocycles. The number of ether oxygens (including phenoxy) is 1. The maximum atomic E-state index is 12.6. The van der Waals surface area contributed by atoms with E-state index in [1.54, 1.807) is 7.11 Å². The summed E-state index contributed by atoms with van der Waals surface area (Å²) in [6.07, 6.45) is 0.789. The average molecular weight is 408 g/mol. The maximum absolute atomic E-state index is 12.6. The van der Waals surface area contributed by atoms with E-state index in [2.05, 4.69) is 10.3 Å². The van der Waals surface area contributed by atoms with E-state index in [4.69, 9.17) is 10.5 Å². The van der Waals surface area contributed by atoms with Gasteiger partial charge in [-0.25, -0.2) is 0 Å². The zero-order chi connectivity index (χ0) is 21.9. The van der Waals surface area contributed by atoms with Crippen LogP contribution in [0.4, 0.5) is 0 Å². The second-order valence-electron chi connectivity index (χ2n) is 8.52. The number of carbonyl (C=O) groups excluding carboxylic acids is 2. The zero-order valence-electron chi connectivity index (χ0n) is 17.9. The molecule has 2 amide bonds. The molecule has 2 aromatic carbocycles. The van der Waals surface area contributed by atoms with Crippen LogP contribution in [0.25, 0.3) is 22.2 Å². The van der Waals surface area contributed by atoms with Gasteiger partial charge in [-0.2, -0.15) is 0 Å². The highest BCUT2D eigenvalue weighted by Gasteiger charge is 2.31. The van der Waals surface area contributed by atoms with Crippen molar-refractivity contribution in [3.8, 4) is 17.0 Å². The van der Waals surface area contributed by atoms with Crippen LogP contribution < -0.4 is 15.8 Å². The van der Waals surface area contributed by atoms with Crippen molar-refractivity contribution in [1.29, 1.82) is 0 Å². The quantitative estimate of drug-likeness (QED) is 0.556. The van der Waals surface area contributed by atoms with Gasteiger partial charge in [-0.05, 0) is 53.3 Å². The van der Waals surface area contributed by atoms with Gasteiger partial charge in [0.15, 0.2) is 0 Å². The van der Waals surface area contributed by atoms with Crippen LogP contribution in [-0.2, 0) is 16.0 Å². The molecule has 1 atom stereocenters. The number of hydrogen-bond acceptors (Lipinski definition) is 3. The minimum absolute atomic E-state index is 0.195. The number of nitrogens with one attached hydrogen (secondary N) is 2. The van der Waals surface area contributed by atoms with Gasteiger partial charge in [-0.15, -0.1) is 0 Å². The number of primary amides is 1. The summed E-state index contributed by atoms with van der Waals surface area (Å²) in [6, 6.07) is 15.1. The molecule has 4 N–H and O–H groups in total. The van der Waals surface area contributed by atoms with Crippen molar-refractivity contribution < 1.29 is 14.3 Å². The lowest BCUT2D eigenvalue weighted by atomic mass is 9.86. The number of fused-ring (bicyclic) bond motifs is 1. The van der Waals surface area contributed by atoms with Gasteiger partial charge < -0.3 is 20.8 Å². The molecule has 0 fully saturated rings. The molecule has 0 unspecified atom stereocenters. The maximum Gasteiger partial charge on any atom is 0.240 e. The first kappa shape index (κ1) is 21.4. The normalized spacial score (nSPS) is 12.5. The summed E-state index contributed by atoms with van der Waals surface area (Å²) in [5.41, 5.74) is 9.13. The molecular weight excluding hydrogens is 378 g/mol. The molecule has 0 radical (unpaired) electrons. The van der Waals surface area contributed by atoms with Crippen LogP contribution in [0.1, 0.15) is 32.8 Å². The van der Waals surface area contributed by atoms with E-state index >= 15 is 0 Å². The standard InChI is InChI=1S/C24H29N3O3/c1-24(2,3)22(23(25)29)27-20(28)14-13-18-17-7-5-6-8-19(17)26-21(18)15-9-11-16(30-4)12-10-15/h5-12,22,26H,13-14H2,1-4H3,(H2,25,29)(H,27,28)/t22-/m1/s1. The second kappa shape index (κ2) is 8.61. The van der Waals surface area contributed by atoms with Crippen molar-refractivity contribution in [3.63, 3.8) is 0 Å². The number of nitrogens with two attached hydrogens (primary N) is 1. The van der Waals surface area contributed by atoms with Crippen LogP contribution in [0, 0.1) is 5.41 Å². The van der Waals surface area contributed by atoms with Crippen molar-refractivity contribution in [1.82, 2.24) is 10.3 Å². The van der Waals surface area contributed by atoms with E-state index in [1.807, 2.05) is 69.3 Å². The Labute approximate surface area is 176 Å². The Kier molecular flexibility index (Phi) is 6.15. The number of amides is 2.